The first kappa shape index (κ1) is 22.2. The van der Waals surface area contributed by atoms with Crippen molar-refractivity contribution in [2.75, 3.05) is 26.2 Å². The molecule has 146 valence electrons. The van der Waals surface area contributed by atoms with Gasteiger partial charge in [-0.25, -0.2) is 0 Å². The fourth-order valence-electron chi connectivity index (χ4n) is 3.64. The van der Waals surface area contributed by atoms with E-state index in [1.54, 1.807) is 0 Å². The Labute approximate surface area is 156 Å². The van der Waals surface area contributed by atoms with Gasteiger partial charge in [-0.05, 0) is 19.3 Å². The molecule has 0 atom stereocenters. The summed E-state index contributed by atoms with van der Waals surface area (Å²) in [6, 6.07) is 0. The van der Waals surface area contributed by atoms with Gasteiger partial charge in [0.2, 0.25) is 0 Å². The third kappa shape index (κ3) is 12.2. The molecule has 0 radical (unpaired) electrons. The van der Waals surface area contributed by atoms with E-state index in [9.17, 15) is 0 Å². The lowest BCUT2D eigenvalue weighted by molar-refractivity contribution is 0.255. The maximum atomic E-state index is 9.05. The molecule has 1 heterocycles. The third-order valence-corrected chi connectivity index (χ3v) is 5.21. The Bertz CT molecular complexity index is 341. The second-order valence-electron chi connectivity index (χ2n) is 7.43. The van der Waals surface area contributed by atoms with E-state index in [1.165, 1.54) is 95.7 Å². The number of hydrogen-bond acceptors (Lipinski definition) is 3. The van der Waals surface area contributed by atoms with Crippen LogP contribution in [-0.4, -0.2) is 42.1 Å². The molecule has 1 rings (SSSR count). The highest BCUT2D eigenvalue weighted by molar-refractivity contribution is 5.83. The number of aliphatic hydroxyl groups excluding tert-OH is 1. The van der Waals surface area contributed by atoms with Crippen LogP contribution in [0.2, 0.25) is 0 Å². The van der Waals surface area contributed by atoms with Crippen LogP contribution in [0.5, 0.6) is 0 Å². The molecule has 0 aromatic rings. The number of hydrogen-bond donors (Lipinski definition) is 1. The highest BCUT2D eigenvalue weighted by Crippen LogP contribution is 2.14. The van der Waals surface area contributed by atoms with Crippen molar-refractivity contribution in [1.82, 2.24) is 4.90 Å². The summed E-state index contributed by atoms with van der Waals surface area (Å²) in [5.41, 5.74) is 0. The minimum Gasteiger partial charge on any atom is -0.395 e. The Morgan fingerprint density at radius 3 is 1.88 bits per heavy atom. The van der Waals surface area contributed by atoms with Crippen molar-refractivity contribution in [2.24, 2.45) is 4.99 Å². The average Bonchev–Trinajstić information content (AvgIpc) is 3.06. The highest BCUT2D eigenvalue weighted by atomic mass is 16.3. The Morgan fingerprint density at radius 1 is 0.840 bits per heavy atom. The predicted molar refractivity (Wildman–Crippen MR) is 110 cm³/mol. The van der Waals surface area contributed by atoms with Gasteiger partial charge < -0.3 is 10.0 Å². The molecule has 0 spiro atoms. The molecule has 0 bridgehead atoms. The van der Waals surface area contributed by atoms with Gasteiger partial charge in [-0.1, -0.05) is 76.7 Å². The van der Waals surface area contributed by atoms with Gasteiger partial charge in [0.05, 0.1) is 19.0 Å². The van der Waals surface area contributed by atoms with Gasteiger partial charge in [0.15, 0.2) is 0 Å². The van der Waals surface area contributed by atoms with E-state index < -0.39 is 0 Å². The number of unbranched alkanes of at least 4 members (excludes halogenated alkanes) is 13. The van der Waals surface area contributed by atoms with Crippen LogP contribution in [0.1, 0.15) is 96.3 Å². The molecule has 0 fully saturated rings. The van der Waals surface area contributed by atoms with Crippen LogP contribution in [0.3, 0.4) is 0 Å². The van der Waals surface area contributed by atoms with Crippen LogP contribution in [0.25, 0.3) is 0 Å². The van der Waals surface area contributed by atoms with Crippen molar-refractivity contribution in [1.29, 1.82) is 0 Å². The van der Waals surface area contributed by atoms with Crippen molar-refractivity contribution in [2.45, 2.75) is 96.3 Å². The van der Waals surface area contributed by atoms with Crippen molar-refractivity contribution < 1.29 is 5.11 Å². The molecule has 1 aliphatic rings. The first-order valence-electron chi connectivity index (χ1n) is 10.9. The number of aliphatic hydroxyl groups is 1. The van der Waals surface area contributed by atoms with Crippen LogP contribution in [0.15, 0.2) is 17.6 Å². The Morgan fingerprint density at radius 2 is 1.36 bits per heavy atom. The van der Waals surface area contributed by atoms with E-state index in [0.717, 1.165) is 26.1 Å². The monoisotopic (exact) mass is 350 g/mol. The zero-order valence-corrected chi connectivity index (χ0v) is 16.6. The zero-order valence-electron chi connectivity index (χ0n) is 16.6. The molecule has 0 saturated heterocycles. The van der Waals surface area contributed by atoms with Crippen molar-refractivity contribution >= 4 is 5.84 Å². The molecule has 25 heavy (non-hydrogen) atoms. The number of nitrogens with zero attached hydrogens (tertiary/aromatic N) is 2. The summed E-state index contributed by atoms with van der Waals surface area (Å²) in [5.74, 6) is 1.23. The summed E-state index contributed by atoms with van der Waals surface area (Å²) in [5, 5.41) is 9.05. The third-order valence-electron chi connectivity index (χ3n) is 5.21. The van der Waals surface area contributed by atoms with Crippen LogP contribution in [-0.2, 0) is 0 Å². The number of amidine groups is 1. The topological polar surface area (TPSA) is 35.8 Å². The smallest absolute Gasteiger partial charge is 0.0991 e. The summed E-state index contributed by atoms with van der Waals surface area (Å²) in [6.45, 7) is 6.70. The van der Waals surface area contributed by atoms with E-state index in [1.807, 2.05) is 6.08 Å². The summed E-state index contributed by atoms with van der Waals surface area (Å²) < 4.78 is 0. The molecule has 0 aromatic carbocycles. The number of aliphatic imine (C=N–C) groups is 1. The molecule has 0 aromatic heterocycles. The molecular formula is C22H42N2O. The number of allylic oxidation sites excluding steroid dienone is 1. The quantitative estimate of drug-likeness (QED) is 0.253. The molecule has 0 amide bonds. The van der Waals surface area contributed by atoms with E-state index in [-0.39, 0.29) is 6.61 Å². The summed E-state index contributed by atoms with van der Waals surface area (Å²) in [6.07, 6.45) is 22.4. The lowest BCUT2D eigenvalue weighted by Gasteiger charge is -2.18. The SMILES string of the molecule is C=CCCCCCCCCCCCCCCCC1=NCCN1CCO. The second kappa shape index (κ2) is 16.6. The molecule has 0 saturated carbocycles. The van der Waals surface area contributed by atoms with Crippen LogP contribution in [0.4, 0.5) is 0 Å². The Kier molecular flexibility index (Phi) is 14.8. The summed E-state index contributed by atoms with van der Waals surface area (Å²) >= 11 is 0. The van der Waals surface area contributed by atoms with Gasteiger partial charge in [0, 0.05) is 19.5 Å². The molecule has 0 unspecified atom stereocenters. The Balaban J connectivity index is 1.77. The standard InChI is InChI=1S/C22H42N2O/c1-2-3-4-5-6-7-8-9-10-11-12-13-14-15-16-17-22-23-18-19-24(22)20-21-25/h2,25H,1,3-21H2. The fourth-order valence-corrected chi connectivity index (χ4v) is 3.64. The van der Waals surface area contributed by atoms with Crippen molar-refractivity contribution in [3.05, 3.63) is 12.7 Å². The maximum absolute atomic E-state index is 9.05. The highest BCUT2D eigenvalue weighted by Gasteiger charge is 2.14. The van der Waals surface area contributed by atoms with E-state index in [2.05, 4.69) is 16.5 Å². The number of rotatable bonds is 18. The lowest BCUT2D eigenvalue weighted by atomic mass is 10.0. The molecular weight excluding hydrogens is 308 g/mol. The van der Waals surface area contributed by atoms with E-state index in [0.29, 0.717) is 0 Å². The van der Waals surface area contributed by atoms with Gasteiger partial charge in [0.1, 0.15) is 0 Å². The largest absolute Gasteiger partial charge is 0.395 e. The Hall–Kier alpha value is -0.830. The van der Waals surface area contributed by atoms with Gasteiger partial charge in [-0.15, -0.1) is 6.58 Å². The van der Waals surface area contributed by atoms with Crippen LogP contribution < -0.4 is 0 Å². The van der Waals surface area contributed by atoms with E-state index in [4.69, 9.17) is 5.11 Å². The lowest BCUT2D eigenvalue weighted by Crippen LogP contribution is -2.30. The normalized spacial score (nSPS) is 14.1. The van der Waals surface area contributed by atoms with Gasteiger partial charge >= 0.3 is 0 Å². The second-order valence-corrected chi connectivity index (χ2v) is 7.43. The van der Waals surface area contributed by atoms with Crippen LogP contribution in [0, 0.1) is 0 Å². The van der Waals surface area contributed by atoms with Crippen molar-refractivity contribution in [3.63, 3.8) is 0 Å². The molecule has 1 aliphatic heterocycles. The van der Waals surface area contributed by atoms with Gasteiger partial charge in [0.25, 0.3) is 0 Å². The molecule has 3 heteroatoms. The molecule has 3 nitrogen and oxygen atoms in total. The molecule has 1 N–H and O–H groups in total. The van der Waals surface area contributed by atoms with E-state index >= 15 is 0 Å². The minimum absolute atomic E-state index is 0.244. The van der Waals surface area contributed by atoms with Crippen LogP contribution >= 0.6 is 0 Å². The predicted octanol–water partition coefficient (Wildman–Crippen LogP) is 5.73. The average molecular weight is 351 g/mol. The van der Waals surface area contributed by atoms with Crippen molar-refractivity contribution in [3.8, 4) is 0 Å². The fraction of sp³-hybridized carbons (Fsp3) is 0.864. The van der Waals surface area contributed by atoms with Gasteiger partial charge in [-0.2, -0.15) is 0 Å². The zero-order chi connectivity index (χ0) is 18.0. The minimum atomic E-state index is 0.244. The summed E-state index contributed by atoms with van der Waals surface area (Å²) in [4.78, 5) is 6.82. The first-order chi connectivity index (χ1) is 12.4. The van der Waals surface area contributed by atoms with Gasteiger partial charge in [-0.3, -0.25) is 4.99 Å². The summed E-state index contributed by atoms with van der Waals surface area (Å²) in [7, 11) is 0. The first-order valence-corrected chi connectivity index (χ1v) is 10.9. The maximum Gasteiger partial charge on any atom is 0.0991 e. The molecule has 0 aliphatic carbocycles. The number of β-amino-alcohol motifs (C(OH)–C–C–N with tert-alkyl or cyclic N) is 1.